The van der Waals surface area contributed by atoms with Crippen molar-refractivity contribution in [2.45, 2.75) is 193 Å². The Labute approximate surface area is 542 Å². The van der Waals surface area contributed by atoms with Crippen LogP contribution in [0.4, 0.5) is 4.79 Å². The van der Waals surface area contributed by atoms with Gasteiger partial charge in [-0.2, -0.15) is 0 Å². The molecule has 1 saturated heterocycles. The Kier molecular flexibility index (Phi) is 26.2. The minimum absolute atomic E-state index is 0.0224. The number of carbonyl (C=O) groups excluding carboxylic acids is 9. The number of ketones is 2. The molecule has 24 nitrogen and oxygen atoms in total. The summed E-state index contributed by atoms with van der Waals surface area (Å²) in [4.78, 5) is 127. The third-order valence-corrected chi connectivity index (χ3v) is 19.5. The summed E-state index contributed by atoms with van der Waals surface area (Å²) in [5.74, 6) is -8.64. The quantitative estimate of drug-likeness (QED) is 0.0219. The van der Waals surface area contributed by atoms with Crippen molar-refractivity contribution >= 4 is 65.1 Å². The molecule has 0 spiro atoms. The van der Waals surface area contributed by atoms with Crippen LogP contribution in [0.15, 0.2) is 71.8 Å². The minimum atomic E-state index is -2.50. The number of nitrogens with one attached hydrogen (secondary N) is 3. The lowest BCUT2D eigenvalue weighted by Crippen LogP contribution is -2.81. The van der Waals surface area contributed by atoms with Crippen LogP contribution in [0.3, 0.4) is 0 Å². The molecule has 12 atom stereocenters. The summed E-state index contributed by atoms with van der Waals surface area (Å²) >= 11 is 0.814. The van der Waals surface area contributed by atoms with Crippen LogP contribution in [-0.4, -0.2) is 193 Å². The summed E-state index contributed by atoms with van der Waals surface area (Å²) in [7, 11) is 1.58. The van der Waals surface area contributed by atoms with Gasteiger partial charge in [0.2, 0.25) is 17.9 Å². The van der Waals surface area contributed by atoms with Gasteiger partial charge in [0.25, 0.3) is 0 Å². The standard InChI is InChI=1S/C67H95N3O21S/c1-13-64(10,14-2)56(77)44(27-21-22-29-68-48(73)28-30-84-33-34-85-32-31-83-12)69-49(74)37-92-38-50(75)88-54(52(42-23-17-15-18-24-42)70-61(81)91-62(5,6)7)60(80)87-45-36-67(82)58(89-59(79)43-25-19-16-20-26-43)55-65(11,57(78)53(76)51(40(45)3)63(67,8)9)46(72)35-47-66(55,39-86-47)90-41(4)71/h15-20,23-26,44-47,52-55,58,72,76,82H,13-14,21-22,27-39H2,1-12H3,(H,68,73)(H,69,74)(H,70,81)/t44?,45-,46-,47+,52-,53+,54+,55-,58-,65+,66-,67+/m0/s1. The molecule has 3 aliphatic carbocycles. The van der Waals surface area contributed by atoms with Gasteiger partial charge in [0.1, 0.15) is 41.7 Å². The molecule has 2 aromatic carbocycles. The number of methoxy groups -OCH3 is 1. The highest BCUT2D eigenvalue weighted by Gasteiger charge is 2.78. The molecule has 1 unspecified atom stereocenters. The number of carbonyl (C=O) groups is 9. The molecule has 2 aromatic rings. The Morgan fingerprint density at radius 3 is 2.04 bits per heavy atom. The van der Waals surface area contributed by atoms with Gasteiger partial charge in [-0.3, -0.25) is 28.8 Å². The Balaban J connectivity index is 1.28. The molecular formula is C67H95N3O21S. The second-order valence-corrected chi connectivity index (χ2v) is 27.1. The van der Waals surface area contributed by atoms with Gasteiger partial charge < -0.3 is 73.9 Å². The zero-order valence-corrected chi connectivity index (χ0v) is 55.9. The lowest BCUT2D eigenvalue weighted by molar-refractivity contribution is -0.346. The third-order valence-electron chi connectivity index (χ3n) is 18.6. The van der Waals surface area contributed by atoms with Crippen molar-refractivity contribution in [3.05, 3.63) is 82.9 Å². The molecule has 2 saturated carbocycles. The number of ether oxygens (including phenoxy) is 9. The zero-order chi connectivity index (χ0) is 68.0. The molecule has 4 aliphatic rings. The molecule has 3 fully saturated rings. The number of rotatable bonds is 32. The van der Waals surface area contributed by atoms with Crippen molar-refractivity contribution in [1.82, 2.24) is 16.0 Å². The zero-order valence-electron chi connectivity index (χ0n) is 55.1. The second kappa shape index (κ2) is 32.2. The predicted molar refractivity (Wildman–Crippen MR) is 335 cm³/mol. The molecule has 25 heteroatoms. The average Bonchev–Trinajstić information content (AvgIpc) is 0.672. The first-order valence-electron chi connectivity index (χ1n) is 31.5. The van der Waals surface area contributed by atoms with E-state index >= 15 is 9.59 Å². The van der Waals surface area contributed by atoms with E-state index in [-0.39, 0.29) is 72.2 Å². The van der Waals surface area contributed by atoms with Crippen molar-refractivity contribution in [3.63, 3.8) is 0 Å². The molecule has 6 N–H and O–H groups in total. The Morgan fingerprint density at radius 1 is 0.815 bits per heavy atom. The van der Waals surface area contributed by atoms with Gasteiger partial charge in [-0.25, -0.2) is 14.4 Å². The van der Waals surface area contributed by atoms with Gasteiger partial charge in [-0.1, -0.05) is 83.1 Å². The van der Waals surface area contributed by atoms with Crippen molar-refractivity contribution in [2.24, 2.45) is 22.2 Å². The number of fused-ring (bicyclic) bond motifs is 5. The van der Waals surface area contributed by atoms with Crippen LogP contribution >= 0.6 is 11.8 Å². The first kappa shape index (κ1) is 74.7. The number of alkyl carbamates (subject to hydrolysis) is 1. The minimum Gasteiger partial charge on any atom is -0.455 e. The molecule has 0 radical (unpaired) electrons. The van der Waals surface area contributed by atoms with Crippen molar-refractivity contribution in [1.29, 1.82) is 0 Å². The van der Waals surface area contributed by atoms with Crippen LogP contribution in [0, 0.1) is 22.2 Å². The number of amides is 3. The third kappa shape index (κ3) is 17.3. The van der Waals surface area contributed by atoms with Crippen LogP contribution < -0.4 is 16.0 Å². The van der Waals surface area contributed by atoms with Crippen LogP contribution in [0.2, 0.25) is 0 Å². The Hall–Kier alpha value is -6.32. The van der Waals surface area contributed by atoms with Crippen molar-refractivity contribution in [3.8, 4) is 0 Å². The number of benzene rings is 2. The number of Topliss-reactive ketones (excluding diaryl/α,β-unsaturated/α-hetero) is 2. The maximum atomic E-state index is 15.4. The molecule has 1 aliphatic heterocycles. The highest BCUT2D eigenvalue weighted by Crippen LogP contribution is 2.64. The maximum Gasteiger partial charge on any atom is 0.408 e. The van der Waals surface area contributed by atoms with E-state index in [1.165, 1.54) is 39.8 Å². The van der Waals surface area contributed by atoms with Crippen LogP contribution in [-0.2, 0) is 76.2 Å². The first-order chi connectivity index (χ1) is 43.3. The summed E-state index contributed by atoms with van der Waals surface area (Å²) in [5.41, 5.74) is -9.89. The van der Waals surface area contributed by atoms with E-state index in [0.29, 0.717) is 58.7 Å². The number of aliphatic hydroxyl groups excluding tert-OH is 2. The van der Waals surface area contributed by atoms with Crippen LogP contribution in [0.1, 0.15) is 149 Å². The fourth-order valence-corrected chi connectivity index (χ4v) is 13.6. The fourth-order valence-electron chi connectivity index (χ4n) is 13.0. The number of esters is 4. The van der Waals surface area contributed by atoms with Crippen molar-refractivity contribution in [2.75, 3.05) is 64.8 Å². The summed E-state index contributed by atoms with van der Waals surface area (Å²) in [5, 5.41) is 47.0. The highest BCUT2D eigenvalue weighted by atomic mass is 32.2. The molecular weight excluding hydrogens is 1210 g/mol. The number of thioether (sulfide) groups is 1. The largest absolute Gasteiger partial charge is 0.455 e. The summed E-state index contributed by atoms with van der Waals surface area (Å²) < 4.78 is 52.2. The molecule has 0 aromatic heterocycles. The van der Waals surface area contributed by atoms with Gasteiger partial charge in [0, 0.05) is 50.7 Å². The average molecular weight is 1310 g/mol. The van der Waals surface area contributed by atoms with Gasteiger partial charge in [0.15, 0.2) is 17.2 Å². The van der Waals surface area contributed by atoms with E-state index in [9.17, 15) is 48.9 Å². The number of hydrogen-bond donors (Lipinski definition) is 6. The number of hydrogen-bond acceptors (Lipinski definition) is 22. The van der Waals surface area contributed by atoms with E-state index < -0.39 is 142 Å². The first-order valence-corrected chi connectivity index (χ1v) is 32.7. The van der Waals surface area contributed by atoms with E-state index in [4.69, 9.17) is 42.6 Å². The highest BCUT2D eigenvalue weighted by molar-refractivity contribution is 8.00. The smallest absolute Gasteiger partial charge is 0.408 e. The monoisotopic (exact) mass is 1310 g/mol. The molecule has 3 amide bonds. The van der Waals surface area contributed by atoms with E-state index in [1.54, 1.807) is 76.4 Å². The van der Waals surface area contributed by atoms with Crippen molar-refractivity contribution < 1.29 is 101 Å². The van der Waals surface area contributed by atoms with E-state index in [2.05, 4.69) is 16.0 Å². The topological polar surface area (TPSA) is 333 Å². The lowest BCUT2D eigenvalue weighted by atomic mass is 9.44. The molecule has 510 valence electrons. The fraction of sp³-hybridized carbons (Fsp3) is 0.657. The van der Waals surface area contributed by atoms with E-state index in [0.717, 1.165) is 18.7 Å². The molecule has 6 rings (SSSR count). The summed E-state index contributed by atoms with van der Waals surface area (Å²) in [6.07, 6.45) is -10.0. The molecule has 92 heavy (non-hydrogen) atoms. The SMILES string of the molecule is CCC(C)(CC)C(=O)C(CCCCNC(=O)CCOCCOCCOC)NC(=O)CSCC(=O)O[C@@H](C(=O)O[C@H]1C[C@@]2(O)[C@@H](OC(=O)c3ccccc3)[C@@H]3[C@]4(OC(C)=O)CO[C@@H]4C[C@H](O)[C@@]3(C)C(=O)[C@H](O)C(=C1C)C2(C)C)[C@@H](NC(=O)OC(C)(C)C)c1ccccc1. The van der Waals surface area contributed by atoms with Gasteiger partial charge in [-0.15, -0.1) is 11.8 Å². The summed E-state index contributed by atoms with van der Waals surface area (Å²) in [6.45, 7) is 19.2. The lowest BCUT2D eigenvalue weighted by Gasteiger charge is -2.67. The number of unbranched alkanes of at least 4 members (excludes halogenated alkanes) is 1. The van der Waals surface area contributed by atoms with Gasteiger partial charge in [-0.05, 0) is 95.6 Å². The van der Waals surface area contributed by atoms with Gasteiger partial charge >= 0.3 is 30.0 Å². The Morgan fingerprint density at radius 2 is 1.45 bits per heavy atom. The van der Waals surface area contributed by atoms with Crippen LogP contribution in [0.5, 0.6) is 0 Å². The number of aliphatic hydroxyl groups is 3. The summed E-state index contributed by atoms with van der Waals surface area (Å²) in [6, 6.07) is 13.2. The normalized spacial score (nSPS) is 25.9. The van der Waals surface area contributed by atoms with Gasteiger partial charge in [0.05, 0.1) is 80.2 Å². The predicted octanol–water partition coefficient (Wildman–Crippen LogP) is 5.78. The van der Waals surface area contributed by atoms with Crippen LogP contribution in [0.25, 0.3) is 0 Å². The second-order valence-electron chi connectivity index (χ2n) is 26.1. The van der Waals surface area contributed by atoms with E-state index in [1.807, 2.05) is 20.8 Å². The Bertz CT molecular complexity index is 2950. The molecule has 1 heterocycles. The maximum absolute atomic E-state index is 15.4. The molecule has 2 bridgehead atoms.